The molecule has 13 heavy (non-hydrogen) atoms. The molecule has 0 aromatic heterocycles. The maximum Gasteiger partial charge on any atom is 0.303 e. The number of hydrogen-bond acceptors (Lipinski definition) is 2. The zero-order valence-corrected chi connectivity index (χ0v) is 7.83. The number of carboxylic acids is 1. The molecule has 4 nitrogen and oxygen atoms in total. The SMILES string of the molecule is CC#CC(=O)N(C)CCCC(=O)O. The van der Waals surface area contributed by atoms with Gasteiger partial charge in [0.05, 0.1) is 0 Å². The van der Waals surface area contributed by atoms with Crippen molar-refractivity contribution in [3.05, 3.63) is 0 Å². The topological polar surface area (TPSA) is 57.6 Å². The Bertz CT molecular complexity index is 249. The molecule has 0 heterocycles. The zero-order chi connectivity index (χ0) is 10.3. The standard InChI is InChI=1S/C9H13NO3/c1-3-5-8(11)10(2)7-4-6-9(12)13/h4,6-7H2,1-2H3,(H,12,13). The van der Waals surface area contributed by atoms with Crippen LogP contribution in [0.15, 0.2) is 0 Å². The van der Waals surface area contributed by atoms with Crippen LogP contribution in [0.4, 0.5) is 0 Å². The molecule has 72 valence electrons. The van der Waals surface area contributed by atoms with Crippen molar-refractivity contribution < 1.29 is 14.7 Å². The highest BCUT2D eigenvalue weighted by Gasteiger charge is 2.05. The lowest BCUT2D eigenvalue weighted by Gasteiger charge is -2.12. The fourth-order valence-electron chi connectivity index (χ4n) is 0.771. The van der Waals surface area contributed by atoms with Crippen molar-refractivity contribution in [2.75, 3.05) is 13.6 Å². The molecule has 1 N–H and O–H groups in total. The molecule has 0 saturated heterocycles. The Morgan fingerprint density at radius 1 is 1.46 bits per heavy atom. The van der Waals surface area contributed by atoms with E-state index in [-0.39, 0.29) is 12.3 Å². The molecule has 0 saturated carbocycles. The Morgan fingerprint density at radius 2 is 2.08 bits per heavy atom. The van der Waals surface area contributed by atoms with Crippen LogP contribution in [0.3, 0.4) is 0 Å². The summed E-state index contributed by atoms with van der Waals surface area (Å²) in [6, 6.07) is 0. The molecular formula is C9H13NO3. The molecule has 0 radical (unpaired) electrons. The highest BCUT2D eigenvalue weighted by Crippen LogP contribution is 1.92. The lowest BCUT2D eigenvalue weighted by atomic mass is 10.3. The largest absolute Gasteiger partial charge is 0.481 e. The quantitative estimate of drug-likeness (QED) is 0.639. The van der Waals surface area contributed by atoms with Crippen molar-refractivity contribution >= 4 is 11.9 Å². The van der Waals surface area contributed by atoms with E-state index in [9.17, 15) is 9.59 Å². The second-order valence-electron chi connectivity index (χ2n) is 2.60. The molecule has 0 aromatic rings. The third-order valence-electron chi connectivity index (χ3n) is 1.46. The molecular weight excluding hydrogens is 170 g/mol. The van der Waals surface area contributed by atoms with Crippen molar-refractivity contribution in [2.45, 2.75) is 19.8 Å². The highest BCUT2D eigenvalue weighted by molar-refractivity contribution is 5.93. The van der Waals surface area contributed by atoms with Gasteiger partial charge in [-0.3, -0.25) is 9.59 Å². The predicted molar refractivity (Wildman–Crippen MR) is 48.0 cm³/mol. The minimum absolute atomic E-state index is 0.0805. The third-order valence-corrected chi connectivity index (χ3v) is 1.46. The fourth-order valence-corrected chi connectivity index (χ4v) is 0.771. The van der Waals surface area contributed by atoms with Gasteiger partial charge in [0.25, 0.3) is 5.91 Å². The van der Waals surface area contributed by atoms with Crippen molar-refractivity contribution in [3.63, 3.8) is 0 Å². The summed E-state index contributed by atoms with van der Waals surface area (Å²) in [5.41, 5.74) is 0. The van der Waals surface area contributed by atoms with Gasteiger partial charge in [-0.1, -0.05) is 5.92 Å². The molecule has 0 spiro atoms. The van der Waals surface area contributed by atoms with Crippen molar-refractivity contribution in [3.8, 4) is 11.8 Å². The second-order valence-corrected chi connectivity index (χ2v) is 2.60. The number of hydrogen-bond donors (Lipinski definition) is 1. The van der Waals surface area contributed by atoms with E-state index in [0.717, 1.165) is 0 Å². The van der Waals surface area contributed by atoms with E-state index in [1.54, 1.807) is 14.0 Å². The number of nitrogens with zero attached hydrogens (tertiary/aromatic N) is 1. The van der Waals surface area contributed by atoms with Gasteiger partial charge in [-0.15, -0.1) is 0 Å². The van der Waals surface area contributed by atoms with E-state index in [2.05, 4.69) is 11.8 Å². The number of amides is 1. The van der Waals surface area contributed by atoms with E-state index in [1.807, 2.05) is 0 Å². The zero-order valence-electron chi connectivity index (χ0n) is 7.83. The van der Waals surface area contributed by atoms with Gasteiger partial charge < -0.3 is 10.0 Å². The molecule has 0 fully saturated rings. The normalized spacial score (nSPS) is 8.46. The van der Waals surface area contributed by atoms with E-state index in [4.69, 9.17) is 5.11 Å². The van der Waals surface area contributed by atoms with Gasteiger partial charge in [-0.2, -0.15) is 0 Å². The summed E-state index contributed by atoms with van der Waals surface area (Å²) in [4.78, 5) is 22.6. The van der Waals surface area contributed by atoms with Crippen molar-refractivity contribution in [1.82, 2.24) is 4.90 Å². The van der Waals surface area contributed by atoms with Gasteiger partial charge in [-0.05, 0) is 19.3 Å². The minimum atomic E-state index is -0.845. The lowest BCUT2D eigenvalue weighted by molar-refractivity contribution is -0.137. The Hall–Kier alpha value is -1.50. The Morgan fingerprint density at radius 3 is 2.54 bits per heavy atom. The number of carbonyl (C=O) groups excluding carboxylic acids is 1. The monoisotopic (exact) mass is 183 g/mol. The summed E-state index contributed by atoms with van der Waals surface area (Å²) >= 11 is 0. The Balaban J connectivity index is 3.72. The van der Waals surface area contributed by atoms with Crippen LogP contribution in [0.2, 0.25) is 0 Å². The van der Waals surface area contributed by atoms with E-state index in [0.29, 0.717) is 13.0 Å². The molecule has 0 rings (SSSR count). The molecule has 0 unspecified atom stereocenters. The van der Waals surface area contributed by atoms with Gasteiger partial charge in [0.15, 0.2) is 0 Å². The van der Waals surface area contributed by atoms with Crippen LogP contribution in [-0.2, 0) is 9.59 Å². The first-order valence-corrected chi connectivity index (χ1v) is 3.97. The van der Waals surface area contributed by atoms with Gasteiger partial charge in [-0.25, -0.2) is 0 Å². The summed E-state index contributed by atoms with van der Waals surface area (Å²) in [6.45, 7) is 2.02. The maximum atomic E-state index is 11.0. The molecule has 0 aliphatic rings. The first kappa shape index (κ1) is 11.5. The predicted octanol–water partition coefficient (Wildman–Crippen LogP) is 0.333. The fraction of sp³-hybridized carbons (Fsp3) is 0.556. The summed E-state index contributed by atoms with van der Waals surface area (Å²) in [5.74, 6) is 3.75. The smallest absolute Gasteiger partial charge is 0.303 e. The summed E-state index contributed by atoms with van der Waals surface area (Å²) < 4.78 is 0. The van der Waals surface area contributed by atoms with Crippen LogP contribution in [0.25, 0.3) is 0 Å². The minimum Gasteiger partial charge on any atom is -0.481 e. The van der Waals surface area contributed by atoms with Gasteiger partial charge >= 0.3 is 5.97 Å². The van der Waals surface area contributed by atoms with Crippen LogP contribution < -0.4 is 0 Å². The average molecular weight is 183 g/mol. The number of rotatable bonds is 4. The van der Waals surface area contributed by atoms with Gasteiger partial charge in [0.2, 0.25) is 0 Å². The van der Waals surface area contributed by atoms with Crippen LogP contribution in [-0.4, -0.2) is 35.5 Å². The van der Waals surface area contributed by atoms with E-state index in [1.165, 1.54) is 4.90 Å². The third kappa shape index (κ3) is 5.74. The second kappa shape index (κ2) is 6.06. The number of carboxylic acid groups (broad SMARTS) is 1. The molecule has 4 heteroatoms. The van der Waals surface area contributed by atoms with Gasteiger partial charge in [0, 0.05) is 20.0 Å². The molecule has 0 aromatic carbocycles. The molecule has 0 atom stereocenters. The summed E-state index contributed by atoms with van der Waals surface area (Å²) in [6.07, 6.45) is 0.542. The first-order valence-electron chi connectivity index (χ1n) is 3.97. The summed E-state index contributed by atoms with van der Waals surface area (Å²) in [5, 5.41) is 8.34. The maximum absolute atomic E-state index is 11.0. The molecule has 0 bridgehead atoms. The Kier molecular flexibility index (Phi) is 5.37. The molecule has 0 aliphatic heterocycles. The summed E-state index contributed by atoms with van der Waals surface area (Å²) in [7, 11) is 1.61. The lowest BCUT2D eigenvalue weighted by Crippen LogP contribution is -2.26. The van der Waals surface area contributed by atoms with Crippen LogP contribution in [0.5, 0.6) is 0 Å². The molecule has 0 aliphatic carbocycles. The average Bonchev–Trinajstić information content (AvgIpc) is 2.04. The number of aliphatic carboxylic acids is 1. The first-order chi connectivity index (χ1) is 6.07. The van der Waals surface area contributed by atoms with Crippen LogP contribution in [0.1, 0.15) is 19.8 Å². The number of carbonyl (C=O) groups is 2. The highest BCUT2D eigenvalue weighted by atomic mass is 16.4. The molecule has 1 amide bonds. The van der Waals surface area contributed by atoms with Crippen molar-refractivity contribution in [1.29, 1.82) is 0 Å². The Labute approximate surface area is 77.5 Å². The van der Waals surface area contributed by atoms with E-state index < -0.39 is 5.97 Å². The van der Waals surface area contributed by atoms with Crippen LogP contribution >= 0.6 is 0 Å². The van der Waals surface area contributed by atoms with Crippen molar-refractivity contribution in [2.24, 2.45) is 0 Å². The van der Waals surface area contributed by atoms with Crippen LogP contribution in [0, 0.1) is 11.8 Å². The van der Waals surface area contributed by atoms with E-state index >= 15 is 0 Å². The van der Waals surface area contributed by atoms with Gasteiger partial charge in [0.1, 0.15) is 0 Å².